The molecule has 3 aliphatic carbocycles. The Bertz CT molecular complexity index is 5300. The third kappa shape index (κ3) is 20.5. The van der Waals surface area contributed by atoms with E-state index in [-0.39, 0.29) is 79.5 Å². The van der Waals surface area contributed by atoms with Crippen molar-refractivity contribution in [3.63, 3.8) is 0 Å². The Kier molecular flexibility index (Phi) is 28.7. The molecule has 11 aromatic carbocycles. The second-order valence-corrected chi connectivity index (χ2v) is 33.9. The average Bonchev–Trinajstić information content (AvgIpc) is 0.791. The molecule has 2 aliphatic heterocycles. The van der Waals surface area contributed by atoms with Crippen molar-refractivity contribution in [2.24, 2.45) is 35.5 Å². The molecule has 5 fully saturated rings. The molecule has 119 heavy (non-hydrogen) atoms. The lowest BCUT2D eigenvalue weighted by molar-refractivity contribution is -0.0124. The van der Waals surface area contributed by atoms with Gasteiger partial charge in [-0.25, -0.2) is 52.7 Å². The standard InChI is InChI=1S/C27H32F4O.C26H24F4.C25H23F3O.C25H24F2O/c1-16-3-8-19(9-4-16)20-10-6-18(7-11-20)15-32-23-14-13-22(26(30)27(23)31)21-12-5-17(2)24(28)25(21)29;1-15-3-6-17(7-4-15)18-8-10-19(11-9-18)20-13-14-22(26(30)24(20)28)21-12-5-16(2)23(27)25(21)29;1-15-3-12-23(29-14-15)18-8-6-17(7-9-18)20-10-11-21(25(28)24(20)27)19-5-4-16(2)22(26)13-19;1-16-3-6-18(7-4-16)21-12-13-22(25(27)24(21)26)19-8-10-20(11-9-19)23-14-5-17(2)15-28-23/h5,12-14,16,18-20H,3-4,6-11,15H2,1-2H3;3-7,12-14,18-19H,8-11H2,1-2H3;4-11,13,15,23H,3,12,14H2,1-2H3;3-4,6-13,17,23H,5,14-15H2,1-2H3. The molecular formula is C103H103F13O3. The van der Waals surface area contributed by atoms with Crippen LogP contribution in [0, 0.1) is 146 Å². The summed E-state index contributed by atoms with van der Waals surface area (Å²) < 4.78 is 206. The van der Waals surface area contributed by atoms with Crippen LogP contribution >= 0.6 is 0 Å². The molecule has 3 saturated carbocycles. The van der Waals surface area contributed by atoms with Gasteiger partial charge in [-0.3, -0.25) is 0 Å². The summed E-state index contributed by atoms with van der Waals surface area (Å²) in [5.41, 5.74) is 8.67. The van der Waals surface area contributed by atoms with Gasteiger partial charge in [0, 0.05) is 57.7 Å². The van der Waals surface area contributed by atoms with Crippen LogP contribution in [0.15, 0.2) is 188 Å². The molecule has 0 radical (unpaired) electrons. The van der Waals surface area contributed by atoms with Crippen molar-refractivity contribution in [2.45, 2.75) is 182 Å². The smallest absolute Gasteiger partial charge is 0.201 e. The summed E-state index contributed by atoms with van der Waals surface area (Å²) in [6, 6.07) is 52.4. The SMILES string of the molecule is Cc1ccc(-c2ccc(-c3ccc(C4CCC(C)CO4)cc3)c(F)c2F)cc1.Cc1ccc(-c2ccc(-c3ccc(C4CCC(C)CO4)cc3)c(F)c2F)cc1F.Cc1ccc(-c2ccc(OCC3CCC(C4CCC(C)CC4)CC3)c(F)c2F)c(F)c1F.Cc1ccc(C2CCC(c3ccc(-c4ccc(C)c(F)c4F)c(F)c3F)CC2)cc1. The van der Waals surface area contributed by atoms with Crippen LogP contribution in [0.3, 0.4) is 0 Å². The van der Waals surface area contributed by atoms with E-state index in [2.05, 4.69) is 52.0 Å². The van der Waals surface area contributed by atoms with Crippen molar-refractivity contribution in [1.29, 1.82) is 0 Å². The van der Waals surface area contributed by atoms with Crippen molar-refractivity contribution in [3.8, 4) is 72.5 Å². The number of halogens is 13. The van der Waals surface area contributed by atoms with E-state index < -0.39 is 75.6 Å². The molecule has 16 rings (SSSR count). The fourth-order valence-electron chi connectivity index (χ4n) is 17.5. The van der Waals surface area contributed by atoms with Crippen LogP contribution in [-0.2, 0) is 9.47 Å². The van der Waals surface area contributed by atoms with Gasteiger partial charge in [-0.1, -0.05) is 215 Å². The van der Waals surface area contributed by atoms with Gasteiger partial charge in [0.1, 0.15) is 5.82 Å². The van der Waals surface area contributed by atoms with Crippen molar-refractivity contribution < 1.29 is 71.3 Å². The predicted molar refractivity (Wildman–Crippen MR) is 448 cm³/mol. The fraction of sp³-hybridized carbons (Fsp3) is 0.359. The second-order valence-electron chi connectivity index (χ2n) is 33.9. The third-order valence-electron chi connectivity index (χ3n) is 25.3. The number of ether oxygens (including phenoxy) is 3. The molecule has 2 saturated heterocycles. The lowest BCUT2D eigenvalue weighted by Crippen LogP contribution is -2.27. The number of aryl methyl sites for hydroxylation is 5. The Labute approximate surface area is 691 Å². The first-order valence-electron chi connectivity index (χ1n) is 42.0. The molecule has 0 bridgehead atoms. The van der Waals surface area contributed by atoms with Gasteiger partial charge in [0.15, 0.2) is 69.7 Å². The van der Waals surface area contributed by atoms with E-state index in [1.807, 2.05) is 67.6 Å². The van der Waals surface area contributed by atoms with E-state index in [1.165, 1.54) is 124 Å². The van der Waals surface area contributed by atoms with Crippen molar-refractivity contribution in [3.05, 3.63) is 314 Å². The highest BCUT2D eigenvalue weighted by atomic mass is 19.2. The number of hydrogen-bond donors (Lipinski definition) is 0. The lowest BCUT2D eigenvalue weighted by atomic mass is 9.69. The van der Waals surface area contributed by atoms with Crippen molar-refractivity contribution >= 4 is 0 Å². The van der Waals surface area contributed by atoms with Crippen molar-refractivity contribution in [1.82, 2.24) is 0 Å². The Balaban J connectivity index is 0.000000137. The van der Waals surface area contributed by atoms with Crippen LogP contribution in [0.25, 0.3) is 66.8 Å². The van der Waals surface area contributed by atoms with Gasteiger partial charge in [-0.05, 0) is 251 Å². The molecule has 5 aliphatic rings. The van der Waals surface area contributed by atoms with Gasteiger partial charge >= 0.3 is 0 Å². The Morgan fingerprint density at radius 3 is 1.05 bits per heavy atom. The zero-order chi connectivity index (χ0) is 84.5. The number of hydrogen-bond acceptors (Lipinski definition) is 3. The molecule has 4 atom stereocenters. The zero-order valence-electron chi connectivity index (χ0n) is 68.7. The second kappa shape index (κ2) is 39.2. The van der Waals surface area contributed by atoms with E-state index in [0.717, 1.165) is 112 Å². The van der Waals surface area contributed by atoms with Crippen LogP contribution < -0.4 is 4.74 Å². The molecule has 0 spiro atoms. The highest BCUT2D eigenvalue weighted by molar-refractivity contribution is 5.74. The van der Waals surface area contributed by atoms with E-state index >= 15 is 0 Å². The average molecular weight is 1640 g/mol. The number of rotatable bonds is 14. The lowest BCUT2D eigenvalue weighted by Gasteiger charge is -2.37. The van der Waals surface area contributed by atoms with Crippen LogP contribution in [0.1, 0.15) is 198 Å². The van der Waals surface area contributed by atoms with Gasteiger partial charge in [-0.2, -0.15) is 4.39 Å². The summed E-state index contributed by atoms with van der Waals surface area (Å²) >= 11 is 0. The summed E-state index contributed by atoms with van der Waals surface area (Å²) in [7, 11) is 0. The van der Waals surface area contributed by atoms with Crippen LogP contribution in [0.5, 0.6) is 5.75 Å². The highest BCUT2D eigenvalue weighted by Crippen LogP contribution is 2.46. The fourth-order valence-corrected chi connectivity index (χ4v) is 17.5. The zero-order valence-corrected chi connectivity index (χ0v) is 68.7. The minimum absolute atomic E-state index is 0.0477. The molecule has 0 aromatic heterocycles. The van der Waals surface area contributed by atoms with E-state index in [9.17, 15) is 57.1 Å². The van der Waals surface area contributed by atoms with Crippen molar-refractivity contribution in [2.75, 3.05) is 19.8 Å². The van der Waals surface area contributed by atoms with Gasteiger partial charge in [0.2, 0.25) is 5.82 Å². The third-order valence-corrected chi connectivity index (χ3v) is 25.3. The van der Waals surface area contributed by atoms with E-state index in [0.29, 0.717) is 63.7 Å². The maximum absolute atomic E-state index is 14.9. The molecule has 624 valence electrons. The topological polar surface area (TPSA) is 27.7 Å². The first-order valence-corrected chi connectivity index (χ1v) is 42.0. The maximum Gasteiger partial charge on any atom is 0.201 e. The molecule has 4 unspecified atom stereocenters. The van der Waals surface area contributed by atoms with Gasteiger partial charge in [-0.15, -0.1) is 0 Å². The molecule has 2 heterocycles. The summed E-state index contributed by atoms with van der Waals surface area (Å²) in [5, 5.41) is 0. The minimum atomic E-state index is -1.22. The first-order chi connectivity index (χ1) is 57.2. The molecular weight excluding hydrogens is 1530 g/mol. The van der Waals surface area contributed by atoms with Gasteiger partial charge < -0.3 is 14.2 Å². The Morgan fingerprint density at radius 1 is 0.277 bits per heavy atom. The predicted octanol–water partition coefficient (Wildman–Crippen LogP) is 30.5. The van der Waals surface area contributed by atoms with E-state index in [4.69, 9.17) is 14.2 Å². The Hall–Kier alpha value is -9.77. The monoisotopic (exact) mass is 1630 g/mol. The molecule has 11 aromatic rings. The van der Waals surface area contributed by atoms with Crippen LogP contribution in [0.2, 0.25) is 0 Å². The van der Waals surface area contributed by atoms with Crippen LogP contribution in [-0.4, -0.2) is 19.8 Å². The first kappa shape index (κ1) is 87.1. The molecule has 16 heteroatoms. The summed E-state index contributed by atoms with van der Waals surface area (Å²) in [5.74, 6) is -8.67. The number of benzene rings is 11. The molecule has 3 nitrogen and oxygen atoms in total. The normalized spacial score (nSPS) is 21.2. The molecule has 0 amide bonds. The summed E-state index contributed by atoms with van der Waals surface area (Å²) in [6.07, 6.45) is 17.6. The van der Waals surface area contributed by atoms with Crippen LogP contribution in [0.4, 0.5) is 57.1 Å². The maximum atomic E-state index is 14.9. The van der Waals surface area contributed by atoms with Gasteiger partial charge in [0.25, 0.3) is 0 Å². The quantitative estimate of drug-likeness (QED) is 0.102. The largest absolute Gasteiger partial charge is 0.490 e. The summed E-state index contributed by atoms with van der Waals surface area (Å²) in [6.45, 7) is 17.1. The summed E-state index contributed by atoms with van der Waals surface area (Å²) in [4.78, 5) is 0. The Morgan fingerprint density at radius 2 is 0.613 bits per heavy atom. The van der Waals surface area contributed by atoms with Gasteiger partial charge in [0.05, 0.1) is 18.8 Å². The minimum Gasteiger partial charge on any atom is -0.490 e. The molecule has 0 N–H and O–H groups in total. The highest BCUT2D eigenvalue weighted by Gasteiger charge is 2.33. The van der Waals surface area contributed by atoms with E-state index in [1.54, 1.807) is 49.4 Å².